The SMILES string of the molecule is Cc1ccc(-c2oc3ccccc3c(=O)c2O[C@@H](C)C(=O)[O-])cc1. The highest BCUT2D eigenvalue weighted by Gasteiger charge is 2.19. The van der Waals surface area contributed by atoms with Crippen molar-refractivity contribution in [1.29, 1.82) is 0 Å². The fourth-order valence-electron chi connectivity index (χ4n) is 2.35. The van der Waals surface area contributed by atoms with E-state index in [1.54, 1.807) is 36.4 Å². The average Bonchev–Trinajstić information content (AvgIpc) is 2.58. The second-order valence-electron chi connectivity index (χ2n) is 5.53. The molecule has 0 saturated heterocycles. The van der Waals surface area contributed by atoms with Crippen molar-refractivity contribution in [3.8, 4) is 17.1 Å². The molecule has 0 aliphatic heterocycles. The zero-order valence-electron chi connectivity index (χ0n) is 13.2. The van der Waals surface area contributed by atoms with Crippen LogP contribution in [0.4, 0.5) is 0 Å². The minimum absolute atomic E-state index is 0.130. The van der Waals surface area contributed by atoms with Gasteiger partial charge in [-0.1, -0.05) is 42.0 Å². The van der Waals surface area contributed by atoms with Crippen molar-refractivity contribution < 1.29 is 19.1 Å². The fourth-order valence-corrected chi connectivity index (χ4v) is 2.35. The highest BCUT2D eigenvalue weighted by molar-refractivity contribution is 5.82. The van der Waals surface area contributed by atoms with Crippen LogP contribution in [0.2, 0.25) is 0 Å². The summed E-state index contributed by atoms with van der Waals surface area (Å²) in [5, 5.41) is 11.3. The van der Waals surface area contributed by atoms with Crippen LogP contribution in [0.3, 0.4) is 0 Å². The third-order valence-corrected chi connectivity index (χ3v) is 3.70. The highest BCUT2D eigenvalue weighted by Crippen LogP contribution is 2.31. The minimum atomic E-state index is -1.41. The van der Waals surface area contributed by atoms with Crippen LogP contribution in [-0.2, 0) is 4.79 Å². The molecule has 1 heterocycles. The van der Waals surface area contributed by atoms with E-state index in [0.29, 0.717) is 16.5 Å². The van der Waals surface area contributed by atoms with E-state index in [2.05, 4.69) is 0 Å². The molecule has 0 unspecified atom stereocenters. The van der Waals surface area contributed by atoms with Gasteiger partial charge in [0.2, 0.25) is 11.2 Å². The molecule has 3 aromatic rings. The van der Waals surface area contributed by atoms with Crippen molar-refractivity contribution >= 4 is 16.9 Å². The molecule has 0 spiro atoms. The smallest absolute Gasteiger partial charge is 0.235 e. The lowest BCUT2D eigenvalue weighted by atomic mass is 10.1. The van der Waals surface area contributed by atoms with Gasteiger partial charge in [0.05, 0.1) is 11.4 Å². The number of aryl methyl sites for hydroxylation is 1. The second-order valence-corrected chi connectivity index (χ2v) is 5.53. The van der Waals surface area contributed by atoms with Crippen LogP contribution in [0.25, 0.3) is 22.3 Å². The zero-order chi connectivity index (χ0) is 17.3. The third kappa shape index (κ3) is 2.88. The number of ether oxygens (including phenoxy) is 1. The van der Waals surface area contributed by atoms with Gasteiger partial charge in [0, 0.05) is 5.56 Å². The van der Waals surface area contributed by atoms with E-state index in [0.717, 1.165) is 5.56 Å². The Bertz CT molecular complexity index is 954. The molecule has 1 aromatic heterocycles. The lowest BCUT2D eigenvalue weighted by Gasteiger charge is -2.17. The zero-order valence-corrected chi connectivity index (χ0v) is 13.2. The monoisotopic (exact) mass is 323 g/mol. The van der Waals surface area contributed by atoms with Gasteiger partial charge in [0.25, 0.3) is 0 Å². The largest absolute Gasteiger partial charge is 0.546 e. The Labute approximate surface area is 138 Å². The number of carbonyl (C=O) groups excluding carboxylic acids is 1. The molecule has 5 nitrogen and oxygen atoms in total. The van der Waals surface area contributed by atoms with Crippen molar-refractivity contribution in [1.82, 2.24) is 0 Å². The van der Waals surface area contributed by atoms with Crippen LogP contribution in [-0.4, -0.2) is 12.1 Å². The molecule has 0 saturated carbocycles. The minimum Gasteiger partial charge on any atom is -0.546 e. The molecule has 1 atom stereocenters. The molecule has 3 rings (SSSR count). The van der Waals surface area contributed by atoms with E-state index < -0.39 is 17.5 Å². The summed E-state index contributed by atoms with van der Waals surface area (Å²) in [5.41, 5.74) is 1.67. The van der Waals surface area contributed by atoms with Crippen LogP contribution in [0.15, 0.2) is 57.7 Å². The van der Waals surface area contributed by atoms with Gasteiger partial charge >= 0.3 is 0 Å². The molecule has 0 fully saturated rings. The Kier molecular flexibility index (Phi) is 4.08. The van der Waals surface area contributed by atoms with Gasteiger partial charge in [0.1, 0.15) is 11.7 Å². The molecule has 24 heavy (non-hydrogen) atoms. The van der Waals surface area contributed by atoms with Gasteiger partial charge in [-0.2, -0.15) is 0 Å². The molecule has 0 aliphatic rings. The molecular weight excluding hydrogens is 308 g/mol. The number of carbonyl (C=O) groups is 1. The maximum absolute atomic E-state index is 12.7. The van der Waals surface area contributed by atoms with Crippen molar-refractivity contribution in [3.05, 3.63) is 64.3 Å². The second kappa shape index (κ2) is 6.20. The quantitative estimate of drug-likeness (QED) is 0.736. The van der Waals surface area contributed by atoms with Crippen molar-refractivity contribution in [2.45, 2.75) is 20.0 Å². The van der Waals surface area contributed by atoms with Crippen molar-refractivity contribution in [3.63, 3.8) is 0 Å². The van der Waals surface area contributed by atoms with E-state index in [9.17, 15) is 14.7 Å². The summed E-state index contributed by atoms with van der Waals surface area (Å²) >= 11 is 0. The lowest BCUT2D eigenvalue weighted by molar-refractivity contribution is -0.312. The summed E-state index contributed by atoms with van der Waals surface area (Å²) in [4.78, 5) is 23.8. The normalized spacial score (nSPS) is 12.1. The molecule has 2 aromatic carbocycles. The number of carboxylic acids is 1. The highest BCUT2D eigenvalue weighted by atomic mass is 16.5. The number of aliphatic carboxylic acids is 1. The Morgan fingerprint density at radius 3 is 2.46 bits per heavy atom. The summed E-state index contributed by atoms with van der Waals surface area (Å²) in [6.07, 6.45) is -1.28. The van der Waals surface area contributed by atoms with Gasteiger partial charge in [-0.25, -0.2) is 0 Å². The number of para-hydroxylation sites is 1. The van der Waals surface area contributed by atoms with Crippen LogP contribution >= 0.6 is 0 Å². The fraction of sp³-hybridized carbons (Fsp3) is 0.158. The molecular formula is C19H15O5-. The number of fused-ring (bicyclic) bond motifs is 1. The maximum atomic E-state index is 12.7. The van der Waals surface area contributed by atoms with E-state index in [-0.39, 0.29) is 11.5 Å². The Balaban J connectivity index is 2.26. The van der Waals surface area contributed by atoms with Gasteiger partial charge in [-0.3, -0.25) is 4.79 Å². The Morgan fingerprint density at radius 1 is 1.12 bits per heavy atom. The maximum Gasteiger partial charge on any atom is 0.235 e. The molecule has 5 heteroatoms. The lowest BCUT2D eigenvalue weighted by Crippen LogP contribution is -2.38. The molecule has 0 amide bonds. The predicted octanol–water partition coefficient (Wildman–Crippen LogP) is 2.29. The van der Waals surface area contributed by atoms with E-state index in [1.807, 2.05) is 19.1 Å². The summed E-state index contributed by atoms with van der Waals surface area (Å²) < 4.78 is 11.2. The Hall–Kier alpha value is -3.08. The van der Waals surface area contributed by atoms with Crippen molar-refractivity contribution in [2.24, 2.45) is 0 Å². The van der Waals surface area contributed by atoms with Gasteiger partial charge < -0.3 is 19.1 Å². The van der Waals surface area contributed by atoms with Crippen LogP contribution in [0.1, 0.15) is 12.5 Å². The number of hydrogen-bond donors (Lipinski definition) is 0. The molecule has 0 N–H and O–H groups in total. The molecule has 0 radical (unpaired) electrons. The van der Waals surface area contributed by atoms with Gasteiger partial charge in [0.15, 0.2) is 5.76 Å². The number of benzene rings is 2. The summed E-state index contributed by atoms with van der Waals surface area (Å²) in [6, 6.07) is 14.1. The first-order valence-corrected chi connectivity index (χ1v) is 7.48. The summed E-state index contributed by atoms with van der Waals surface area (Å²) in [7, 11) is 0. The van der Waals surface area contributed by atoms with Crippen molar-refractivity contribution in [2.75, 3.05) is 0 Å². The van der Waals surface area contributed by atoms with Gasteiger partial charge in [-0.15, -0.1) is 0 Å². The Morgan fingerprint density at radius 2 is 1.79 bits per heavy atom. The van der Waals surface area contributed by atoms with Crippen LogP contribution in [0, 0.1) is 6.92 Å². The predicted molar refractivity (Wildman–Crippen MR) is 87.8 cm³/mol. The molecule has 122 valence electrons. The first-order chi connectivity index (χ1) is 11.5. The van der Waals surface area contributed by atoms with E-state index in [4.69, 9.17) is 9.15 Å². The topological polar surface area (TPSA) is 79.6 Å². The van der Waals surface area contributed by atoms with Crippen LogP contribution < -0.4 is 15.3 Å². The number of hydrogen-bond acceptors (Lipinski definition) is 5. The average molecular weight is 323 g/mol. The summed E-state index contributed by atoms with van der Waals surface area (Å²) in [5.74, 6) is -1.33. The standard InChI is InChI=1S/C19H16O5/c1-11-7-9-13(10-8-11)17-18(23-12(2)19(21)22)16(20)14-5-3-4-6-15(14)24-17/h3-10,12H,1-2H3,(H,21,22)/p-1/t12-/m0/s1. The first-order valence-electron chi connectivity index (χ1n) is 7.48. The number of rotatable bonds is 4. The van der Waals surface area contributed by atoms with E-state index in [1.165, 1.54) is 6.92 Å². The molecule has 0 aliphatic carbocycles. The van der Waals surface area contributed by atoms with E-state index >= 15 is 0 Å². The third-order valence-electron chi connectivity index (χ3n) is 3.70. The van der Waals surface area contributed by atoms with Crippen LogP contribution in [0.5, 0.6) is 5.75 Å². The van der Waals surface area contributed by atoms with Gasteiger partial charge in [-0.05, 0) is 26.0 Å². The summed E-state index contributed by atoms with van der Waals surface area (Å²) in [6.45, 7) is 3.25. The number of carboxylic acid groups (broad SMARTS) is 1. The molecule has 0 bridgehead atoms. The first kappa shape index (κ1) is 15.8.